The van der Waals surface area contributed by atoms with Crippen LogP contribution in [0.1, 0.15) is 24.5 Å². The molecule has 27 heavy (non-hydrogen) atoms. The van der Waals surface area contributed by atoms with Crippen molar-refractivity contribution in [2.24, 2.45) is 4.99 Å². The standard InChI is InChI=1S/C20H20ClN3O2S/c1-3-13-8-6-7-12(2)18(13)23-20-24-19(26)16(27-20)11-17(25)22-15-10-5-4-9-14(15)21/h4-10,16H,3,11H2,1-2H3,(H,22,25)(H,23,24,26)/t16-/m0/s1. The fraction of sp³-hybridized carbons (Fsp3) is 0.250. The molecule has 0 unspecified atom stereocenters. The minimum absolute atomic E-state index is 0.0507. The molecule has 3 rings (SSSR count). The number of nitrogens with one attached hydrogen (secondary N) is 2. The molecule has 1 aliphatic heterocycles. The van der Waals surface area contributed by atoms with E-state index in [2.05, 4.69) is 22.5 Å². The number of carbonyl (C=O) groups excluding carboxylic acids is 2. The Labute approximate surface area is 167 Å². The van der Waals surface area contributed by atoms with Crippen LogP contribution >= 0.6 is 23.4 Å². The van der Waals surface area contributed by atoms with Gasteiger partial charge in [0.15, 0.2) is 5.17 Å². The van der Waals surface area contributed by atoms with Crippen LogP contribution in [0.25, 0.3) is 0 Å². The van der Waals surface area contributed by atoms with E-state index in [-0.39, 0.29) is 18.2 Å². The lowest BCUT2D eigenvalue weighted by molar-refractivity contribution is -0.122. The monoisotopic (exact) mass is 401 g/mol. The molecule has 1 aliphatic rings. The first-order valence-corrected chi connectivity index (χ1v) is 9.92. The zero-order valence-corrected chi connectivity index (χ0v) is 16.7. The fourth-order valence-corrected chi connectivity index (χ4v) is 3.95. The maximum atomic E-state index is 12.3. The van der Waals surface area contributed by atoms with Gasteiger partial charge in [-0.25, -0.2) is 4.99 Å². The van der Waals surface area contributed by atoms with Crippen LogP contribution in [0.4, 0.5) is 11.4 Å². The number of hydrogen-bond donors (Lipinski definition) is 2. The number of carbonyl (C=O) groups is 2. The number of nitrogens with zero attached hydrogens (tertiary/aromatic N) is 1. The number of benzene rings is 2. The Morgan fingerprint density at radius 2 is 2.04 bits per heavy atom. The average molecular weight is 402 g/mol. The lowest BCUT2D eigenvalue weighted by Gasteiger charge is -2.09. The van der Waals surface area contributed by atoms with Gasteiger partial charge in [-0.1, -0.05) is 60.6 Å². The molecule has 1 atom stereocenters. The fourth-order valence-electron chi connectivity index (χ4n) is 2.79. The summed E-state index contributed by atoms with van der Waals surface area (Å²) in [5.74, 6) is -0.471. The average Bonchev–Trinajstić information content (AvgIpc) is 2.98. The number of thioether (sulfide) groups is 1. The predicted octanol–water partition coefficient (Wildman–Crippen LogP) is 4.46. The Morgan fingerprint density at radius 3 is 2.78 bits per heavy atom. The number of aryl methyl sites for hydroxylation is 2. The van der Waals surface area contributed by atoms with E-state index < -0.39 is 5.25 Å². The minimum Gasteiger partial charge on any atom is -0.325 e. The van der Waals surface area contributed by atoms with Crippen LogP contribution in [-0.2, 0) is 16.0 Å². The second-order valence-corrected chi connectivity index (χ2v) is 7.78. The van der Waals surface area contributed by atoms with Gasteiger partial charge < -0.3 is 10.6 Å². The van der Waals surface area contributed by atoms with Crippen molar-refractivity contribution in [2.75, 3.05) is 5.32 Å². The minimum atomic E-state index is -0.514. The highest BCUT2D eigenvalue weighted by molar-refractivity contribution is 8.15. The smallest absolute Gasteiger partial charge is 0.240 e. The van der Waals surface area contributed by atoms with Crippen LogP contribution in [0.15, 0.2) is 47.5 Å². The molecular formula is C20H20ClN3O2S. The van der Waals surface area contributed by atoms with Gasteiger partial charge in [-0.3, -0.25) is 9.59 Å². The quantitative estimate of drug-likeness (QED) is 0.777. The second kappa shape index (κ2) is 8.59. The first-order chi connectivity index (χ1) is 13.0. The van der Waals surface area contributed by atoms with Crippen molar-refractivity contribution >= 4 is 51.7 Å². The van der Waals surface area contributed by atoms with Gasteiger partial charge in [0.05, 0.1) is 16.4 Å². The van der Waals surface area contributed by atoms with E-state index in [1.165, 1.54) is 11.8 Å². The highest BCUT2D eigenvalue weighted by Gasteiger charge is 2.32. The Balaban J connectivity index is 1.69. The van der Waals surface area contributed by atoms with E-state index in [0.717, 1.165) is 23.2 Å². The Kier molecular flexibility index (Phi) is 6.19. The Hall–Kier alpha value is -2.31. The molecule has 2 aromatic carbocycles. The molecule has 1 saturated heterocycles. The molecule has 0 bridgehead atoms. The topological polar surface area (TPSA) is 70.6 Å². The molecule has 2 aromatic rings. The van der Waals surface area contributed by atoms with E-state index >= 15 is 0 Å². The van der Waals surface area contributed by atoms with Crippen LogP contribution in [-0.4, -0.2) is 22.2 Å². The largest absolute Gasteiger partial charge is 0.325 e. The van der Waals surface area contributed by atoms with Gasteiger partial charge in [0.2, 0.25) is 11.8 Å². The molecule has 0 aromatic heterocycles. The SMILES string of the molecule is CCc1cccc(C)c1N=C1NC(=O)[C@H](CC(=O)Nc2ccccc2Cl)S1. The van der Waals surface area contributed by atoms with Crippen LogP contribution < -0.4 is 10.6 Å². The summed E-state index contributed by atoms with van der Waals surface area (Å²) in [7, 11) is 0. The van der Waals surface area contributed by atoms with E-state index in [0.29, 0.717) is 15.9 Å². The summed E-state index contributed by atoms with van der Waals surface area (Å²) in [5, 5.41) is 6.00. The summed E-state index contributed by atoms with van der Waals surface area (Å²) in [4.78, 5) is 29.2. The molecule has 0 aliphatic carbocycles. The summed E-state index contributed by atoms with van der Waals surface area (Å²) < 4.78 is 0. The molecule has 1 heterocycles. The number of rotatable bonds is 5. The summed E-state index contributed by atoms with van der Waals surface area (Å²) in [6, 6.07) is 13.0. The highest BCUT2D eigenvalue weighted by Crippen LogP contribution is 2.30. The molecule has 1 fully saturated rings. The van der Waals surface area contributed by atoms with Crippen LogP contribution in [0, 0.1) is 6.92 Å². The van der Waals surface area contributed by atoms with Gasteiger partial charge >= 0.3 is 0 Å². The first kappa shape index (κ1) is 19.5. The van der Waals surface area contributed by atoms with Crippen LogP contribution in [0.3, 0.4) is 0 Å². The molecule has 0 radical (unpaired) electrons. The van der Waals surface area contributed by atoms with Crippen molar-refractivity contribution in [3.05, 3.63) is 58.6 Å². The Morgan fingerprint density at radius 1 is 1.26 bits per heavy atom. The second-order valence-electron chi connectivity index (χ2n) is 6.18. The number of halogens is 1. The number of hydrogen-bond acceptors (Lipinski definition) is 4. The van der Waals surface area contributed by atoms with Crippen LogP contribution in [0.2, 0.25) is 5.02 Å². The van der Waals surface area contributed by atoms with E-state index in [4.69, 9.17) is 11.6 Å². The molecule has 7 heteroatoms. The maximum Gasteiger partial charge on any atom is 0.240 e. The van der Waals surface area contributed by atoms with Crippen molar-refractivity contribution in [1.29, 1.82) is 0 Å². The first-order valence-electron chi connectivity index (χ1n) is 8.67. The third-order valence-electron chi connectivity index (χ3n) is 4.21. The van der Waals surface area contributed by atoms with E-state index in [1.54, 1.807) is 24.3 Å². The number of aliphatic imine (C=N–C) groups is 1. The molecule has 0 spiro atoms. The lowest BCUT2D eigenvalue weighted by atomic mass is 10.1. The van der Waals surface area contributed by atoms with Gasteiger partial charge in [0.25, 0.3) is 0 Å². The van der Waals surface area contributed by atoms with Gasteiger partial charge in [0, 0.05) is 6.42 Å². The van der Waals surface area contributed by atoms with Gasteiger partial charge in [-0.05, 0) is 36.6 Å². The van der Waals surface area contributed by atoms with Gasteiger partial charge in [-0.2, -0.15) is 0 Å². The van der Waals surface area contributed by atoms with E-state index in [1.807, 2.05) is 25.1 Å². The lowest BCUT2D eigenvalue weighted by Crippen LogP contribution is -2.28. The summed E-state index contributed by atoms with van der Waals surface area (Å²) in [6.45, 7) is 4.06. The van der Waals surface area contributed by atoms with Crippen molar-refractivity contribution in [2.45, 2.75) is 31.9 Å². The van der Waals surface area contributed by atoms with Gasteiger partial charge in [0.1, 0.15) is 5.25 Å². The highest BCUT2D eigenvalue weighted by atomic mass is 35.5. The normalized spacial score (nSPS) is 17.8. The number of amides is 2. The van der Waals surface area contributed by atoms with Crippen LogP contribution in [0.5, 0.6) is 0 Å². The third kappa shape index (κ3) is 4.70. The summed E-state index contributed by atoms with van der Waals surface area (Å²) >= 11 is 7.33. The summed E-state index contributed by atoms with van der Waals surface area (Å²) in [5.41, 5.74) is 3.59. The number of anilines is 1. The number of amidine groups is 1. The van der Waals surface area contributed by atoms with Crippen molar-refractivity contribution in [3.8, 4) is 0 Å². The van der Waals surface area contributed by atoms with Crippen molar-refractivity contribution in [3.63, 3.8) is 0 Å². The predicted molar refractivity (Wildman–Crippen MR) is 112 cm³/mol. The van der Waals surface area contributed by atoms with Crippen molar-refractivity contribution in [1.82, 2.24) is 5.32 Å². The van der Waals surface area contributed by atoms with Crippen molar-refractivity contribution < 1.29 is 9.59 Å². The molecule has 5 nitrogen and oxygen atoms in total. The summed E-state index contributed by atoms with van der Waals surface area (Å²) in [6.07, 6.45) is 0.908. The molecule has 140 valence electrons. The third-order valence-corrected chi connectivity index (χ3v) is 5.62. The zero-order valence-electron chi connectivity index (χ0n) is 15.1. The van der Waals surface area contributed by atoms with E-state index in [9.17, 15) is 9.59 Å². The Bertz CT molecular complexity index is 914. The van der Waals surface area contributed by atoms with Gasteiger partial charge in [-0.15, -0.1) is 0 Å². The maximum absolute atomic E-state index is 12.3. The number of para-hydroxylation sites is 2. The molecule has 0 saturated carbocycles. The molecular weight excluding hydrogens is 382 g/mol. The molecule has 2 amide bonds. The zero-order chi connectivity index (χ0) is 19.4. The molecule has 2 N–H and O–H groups in total.